The summed E-state index contributed by atoms with van der Waals surface area (Å²) in [6.45, 7) is 6.47. The highest BCUT2D eigenvalue weighted by molar-refractivity contribution is 7.18. The summed E-state index contributed by atoms with van der Waals surface area (Å²) >= 11 is 1.40. The van der Waals surface area contributed by atoms with Crippen molar-refractivity contribution in [2.75, 3.05) is 11.1 Å². The van der Waals surface area contributed by atoms with Crippen LogP contribution >= 0.6 is 11.3 Å². The molecule has 1 aliphatic rings. The molecule has 0 aromatic carbocycles. The van der Waals surface area contributed by atoms with Crippen molar-refractivity contribution in [1.29, 1.82) is 0 Å². The molecule has 1 amide bonds. The van der Waals surface area contributed by atoms with E-state index in [9.17, 15) is 4.79 Å². The minimum absolute atomic E-state index is 0.348. The molecular weight excluding hydrogens is 246 g/mol. The smallest absolute Gasteiger partial charge is 0.260 e. The van der Waals surface area contributed by atoms with Crippen LogP contribution in [0.15, 0.2) is 0 Å². The van der Waals surface area contributed by atoms with Crippen molar-refractivity contribution in [2.24, 2.45) is 11.7 Å². The maximum Gasteiger partial charge on any atom is 0.260 e. The zero-order valence-corrected chi connectivity index (χ0v) is 11.9. The van der Waals surface area contributed by atoms with Crippen LogP contribution in [0, 0.1) is 5.92 Å². The standard InChI is InChI=1S/C13H21N3OS/c1-6(2)7(3)16-13-9(8-4-5-8)10(14)11(18-13)12(15)17/h6-8,16H,4-5,14H2,1-3H3,(H2,15,17). The van der Waals surface area contributed by atoms with Crippen molar-refractivity contribution < 1.29 is 4.79 Å². The number of rotatable bonds is 5. The maximum atomic E-state index is 11.4. The van der Waals surface area contributed by atoms with Gasteiger partial charge in [-0.2, -0.15) is 0 Å². The first kappa shape index (κ1) is 13.2. The third-order valence-electron chi connectivity index (χ3n) is 3.55. The number of nitrogens with two attached hydrogens (primary N) is 2. The topological polar surface area (TPSA) is 81.1 Å². The second-order valence-electron chi connectivity index (χ2n) is 5.40. The number of carbonyl (C=O) groups is 1. The molecule has 0 aliphatic heterocycles. The molecule has 5 heteroatoms. The van der Waals surface area contributed by atoms with Crippen LogP contribution in [0.2, 0.25) is 0 Å². The molecule has 100 valence electrons. The van der Waals surface area contributed by atoms with E-state index >= 15 is 0 Å². The molecule has 1 unspecified atom stereocenters. The summed E-state index contributed by atoms with van der Waals surface area (Å²) in [7, 11) is 0. The molecule has 4 nitrogen and oxygen atoms in total. The van der Waals surface area contributed by atoms with Gasteiger partial charge in [0.05, 0.1) is 10.7 Å². The molecule has 2 rings (SSSR count). The van der Waals surface area contributed by atoms with Gasteiger partial charge in [0.15, 0.2) is 0 Å². The number of carbonyl (C=O) groups excluding carboxylic acids is 1. The Kier molecular flexibility index (Phi) is 3.52. The second-order valence-corrected chi connectivity index (χ2v) is 6.42. The summed E-state index contributed by atoms with van der Waals surface area (Å²) in [5, 5.41) is 4.51. The van der Waals surface area contributed by atoms with E-state index in [-0.39, 0.29) is 0 Å². The van der Waals surface area contributed by atoms with Crippen LogP contribution in [0.25, 0.3) is 0 Å². The Morgan fingerprint density at radius 1 is 1.39 bits per heavy atom. The minimum atomic E-state index is -0.426. The van der Waals surface area contributed by atoms with Crippen molar-refractivity contribution in [1.82, 2.24) is 0 Å². The maximum absolute atomic E-state index is 11.4. The first-order valence-electron chi connectivity index (χ1n) is 6.40. The second kappa shape index (κ2) is 4.80. The molecule has 18 heavy (non-hydrogen) atoms. The number of amides is 1. The number of anilines is 2. The highest BCUT2D eigenvalue weighted by Gasteiger charge is 2.32. The van der Waals surface area contributed by atoms with E-state index in [4.69, 9.17) is 11.5 Å². The Morgan fingerprint density at radius 3 is 2.44 bits per heavy atom. The summed E-state index contributed by atoms with van der Waals surface area (Å²) in [5.74, 6) is 0.610. The molecule has 1 atom stereocenters. The molecule has 0 bridgehead atoms. The average Bonchev–Trinajstić information content (AvgIpc) is 3.04. The van der Waals surface area contributed by atoms with Gasteiger partial charge >= 0.3 is 0 Å². The van der Waals surface area contributed by atoms with E-state index in [1.807, 2.05) is 0 Å². The molecule has 0 saturated heterocycles. The summed E-state index contributed by atoms with van der Waals surface area (Å²) < 4.78 is 0. The predicted octanol–water partition coefficient (Wildman–Crippen LogP) is 2.76. The van der Waals surface area contributed by atoms with Gasteiger partial charge in [-0.1, -0.05) is 13.8 Å². The van der Waals surface area contributed by atoms with E-state index in [0.717, 1.165) is 23.4 Å². The van der Waals surface area contributed by atoms with E-state index in [1.165, 1.54) is 11.3 Å². The predicted molar refractivity (Wildman–Crippen MR) is 77.1 cm³/mol. The van der Waals surface area contributed by atoms with Crippen molar-refractivity contribution >= 4 is 27.9 Å². The molecule has 0 spiro atoms. The summed E-state index contributed by atoms with van der Waals surface area (Å²) in [6, 6.07) is 0.348. The lowest BCUT2D eigenvalue weighted by molar-refractivity contribution is 0.100. The molecule has 1 fully saturated rings. The van der Waals surface area contributed by atoms with Crippen molar-refractivity contribution in [2.45, 2.75) is 45.6 Å². The largest absolute Gasteiger partial charge is 0.397 e. The lowest BCUT2D eigenvalue weighted by Crippen LogP contribution is -2.21. The quantitative estimate of drug-likeness (QED) is 0.767. The van der Waals surface area contributed by atoms with Crippen LogP contribution in [0.5, 0.6) is 0 Å². The monoisotopic (exact) mass is 267 g/mol. The third kappa shape index (κ3) is 2.46. The van der Waals surface area contributed by atoms with Crippen LogP contribution in [0.4, 0.5) is 10.7 Å². The van der Waals surface area contributed by atoms with Crippen molar-refractivity contribution in [3.8, 4) is 0 Å². The number of thiophene rings is 1. The molecular formula is C13H21N3OS. The average molecular weight is 267 g/mol. The number of hydrogen-bond acceptors (Lipinski definition) is 4. The Labute approximate surface area is 112 Å². The van der Waals surface area contributed by atoms with Crippen LogP contribution < -0.4 is 16.8 Å². The van der Waals surface area contributed by atoms with Gasteiger partial charge in [-0.3, -0.25) is 4.79 Å². The number of hydrogen-bond donors (Lipinski definition) is 3. The van der Waals surface area contributed by atoms with Crippen LogP contribution in [0.3, 0.4) is 0 Å². The Bertz CT molecular complexity index is 463. The Balaban J connectivity index is 2.33. The molecule has 1 aliphatic carbocycles. The summed E-state index contributed by atoms with van der Waals surface area (Å²) in [5.41, 5.74) is 13.1. The Hall–Kier alpha value is -1.23. The number of nitrogen functional groups attached to an aromatic ring is 1. The van der Waals surface area contributed by atoms with Gasteiger partial charge in [-0.25, -0.2) is 0 Å². The van der Waals surface area contributed by atoms with Gasteiger partial charge in [-0.05, 0) is 31.6 Å². The highest BCUT2D eigenvalue weighted by Crippen LogP contribution is 2.50. The van der Waals surface area contributed by atoms with E-state index in [0.29, 0.717) is 28.4 Å². The SMILES string of the molecule is CC(C)C(C)Nc1sc(C(N)=O)c(N)c1C1CC1. The molecule has 1 aromatic rings. The highest BCUT2D eigenvalue weighted by atomic mass is 32.1. The van der Waals surface area contributed by atoms with Crippen molar-refractivity contribution in [3.05, 3.63) is 10.4 Å². The fourth-order valence-corrected chi connectivity index (χ4v) is 3.05. The zero-order chi connectivity index (χ0) is 13.4. The van der Waals surface area contributed by atoms with E-state index in [1.54, 1.807) is 0 Å². The van der Waals surface area contributed by atoms with Crippen LogP contribution in [-0.4, -0.2) is 11.9 Å². The molecule has 0 radical (unpaired) electrons. The van der Waals surface area contributed by atoms with E-state index < -0.39 is 5.91 Å². The molecule has 5 N–H and O–H groups in total. The van der Waals surface area contributed by atoms with Gasteiger partial charge in [-0.15, -0.1) is 11.3 Å². The fraction of sp³-hybridized carbons (Fsp3) is 0.615. The third-order valence-corrected chi connectivity index (χ3v) is 4.72. The minimum Gasteiger partial charge on any atom is -0.397 e. The van der Waals surface area contributed by atoms with Crippen LogP contribution in [-0.2, 0) is 0 Å². The molecule has 1 saturated carbocycles. The van der Waals surface area contributed by atoms with Crippen molar-refractivity contribution in [3.63, 3.8) is 0 Å². The Morgan fingerprint density at radius 2 is 2.00 bits per heavy atom. The number of primary amides is 1. The molecule has 1 heterocycles. The summed E-state index contributed by atoms with van der Waals surface area (Å²) in [4.78, 5) is 11.9. The first-order valence-corrected chi connectivity index (χ1v) is 7.22. The fourth-order valence-electron chi connectivity index (χ4n) is 1.90. The summed E-state index contributed by atoms with van der Waals surface area (Å²) in [6.07, 6.45) is 2.31. The van der Waals surface area contributed by atoms with Gasteiger partial charge in [0.25, 0.3) is 5.91 Å². The van der Waals surface area contributed by atoms with E-state index in [2.05, 4.69) is 26.1 Å². The van der Waals surface area contributed by atoms with Gasteiger partial charge in [0.2, 0.25) is 0 Å². The van der Waals surface area contributed by atoms with Crippen LogP contribution in [0.1, 0.15) is 54.8 Å². The number of nitrogens with one attached hydrogen (secondary N) is 1. The first-order chi connectivity index (χ1) is 8.41. The zero-order valence-electron chi connectivity index (χ0n) is 11.1. The lowest BCUT2D eigenvalue weighted by atomic mass is 10.1. The molecule has 1 aromatic heterocycles. The van der Waals surface area contributed by atoms with Gasteiger partial charge in [0, 0.05) is 11.6 Å². The van der Waals surface area contributed by atoms with Gasteiger partial charge in [0.1, 0.15) is 4.88 Å². The normalized spacial score (nSPS) is 16.9. The van der Waals surface area contributed by atoms with Gasteiger partial charge < -0.3 is 16.8 Å². The lowest BCUT2D eigenvalue weighted by Gasteiger charge is -2.18.